The second kappa shape index (κ2) is 7.45. The Morgan fingerprint density at radius 3 is 2.38 bits per heavy atom. The van der Waals surface area contributed by atoms with E-state index in [0.29, 0.717) is 0 Å². The Bertz CT molecular complexity index is 468. The van der Waals surface area contributed by atoms with E-state index in [1.165, 1.54) is 24.0 Å². The van der Waals surface area contributed by atoms with Crippen molar-refractivity contribution in [1.82, 2.24) is 5.32 Å². The topological polar surface area (TPSA) is 49.3 Å². The average molecular weight is 303 g/mol. The summed E-state index contributed by atoms with van der Waals surface area (Å²) in [6.45, 7) is 2.22. The van der Waals surface area contributed by atoms with Crippen LogP contribution in [0.15, 0.2) is 24.3 Å². The van der Waals surface area contributed by atoms with Crippen LogP contribution in [0.5, 0.6) is 0 Å². The molecule has 1 aromatic rings. The highest BCUT2D eigenvalue weighted by molar-refractivity contribution is 5.73. The number of hydrogen-bond donors (Lipinski definition) is 2. The van der Waals surface area contributed by atoms with Gasteiger partial charge in [0, 0.05) is 6.04 Å². The number of aliphatic carboxylic acids is 1. The van der Waals surface area contributed by atoms with Crippen molar-refractivity contribution >= 4 is 5.97 Å². The lowest BCUT2D eigenvalue weighted by Crippen LogP contribution is -2.37. The molecule has 0 amide bonds. The molecule has 0 bridgehead atoms. The lowest BCUT2D eigenvalue weighted by molar-refractivity contribution is -0.192. The summed E-state index contributed by atoms with van der Waals surface area (Å²) >= 11 is 0. The van der Waals surface area contributed by atoms with Crippen LogP contribution < -0.4 is 5.32 Å². The van der Waals surface area contributed by atoms with Crippen molar-refractivity contribution < 1.29 is 23.1 Å². The third-order valence-corrected chi connectivity index (χ3v) is 3.62. The number of halogens is 3. The summed E-state index contributed by atoms with van der Waals surface area (Å²) in [6, 6.07) is 9.82. The molecule has 0 saturated heterocycles. The molecule has 0 heterocycles. The fourth-order valence-corrected chi connectivity index (χ4v) is 2.19. The summed E-state index contributed by atoms with van der Waals surface area (Å²) in [4.78, 5) is 8.90. The third kappa shape index (κ3) is 5.38. The predicted octanol–water partition coefficient (Wildman–Crippen LogP) is 3.35. The summed E-state index contributed by atoms with van der Waals surface area (Å²) in [7, 11) is 2.06. The molecule has 6 heteroatoms. The lowest BCUT2D eigenvalue weighted by atomic mass is 9.75. The molecule has 21 heavy (non-hydrogen) atoms. The van der Waals surface area contributed by atoms with Crippen molar-refractivity contribution in [3.05, 3.63) is 35.4 Å². The number of alkyl halides is 3. The molecule has 0 spiro atoms. The first kappa shape index (κ1) is 17.5. The number of carbonyl (C=O) groups is 1. The van der Waals surface area contributed by atoms with Crippen molar-refractivity contribution in [3.8, 4) is 0 Å². The number of carboxylic acid groups (broad SMARTS) is 1. The van der Waals surface area contributed by atoms with E-state index < -0.39 is 12.1 Å². The first-order valence-corrected chi connectivity index (χ1v) is 6.84. The van der Waals surface area contributed by atoms with Gasteiger partial charge in [0.2, 0.25) is 0 Å². The van der Waals surface area contributed by atoms with Gasteiger partial charge in [0.15, 0.2) is 0 Å². The number of hydrogen-bond acceptors (Lipinski definition) is 2. The van der Waals surface area contributed by atoms with Gasteiger partial charge in [-0.15, -0.1) is 0 Å². The van der Waals surface area contributed by atoms with Crippen molar-refractivity contribution in [1.29, 1.82) is 0 Å². The van der Waals surface area contributed by atoms with Crippen LogP contribution in [-0.4, -0.2) is 30.3 Å². The van der Waals surface area contributed by atoms with Crippen LogP contribution in [0.1, 0.15) is 36.8 Å². The fourth-order valence-electron chi connectivity index (χ4n) is 2.19. The van der Waals surface area contributed by atoms with E-state index in [2.05, 4.69) is 43.6 Å². The number of carboxylic acids is 1. The minimum Gasteiger partial charge on any atom is -0.475 e. The van der Waals surface area contributed by atoms with Crippen molar-refractivity contribution in [2.24, 2.45) is 0 Å². The molecule has 0 aromatic heterocycles. The summed E-state index contributed by atoms with van der Waals surface area (Å²) < 4.78 is 31.7. The second-order valence-electron chi connectivity index (χ2n) is 5.06. The highest BCUT2D eigenvalue weighted by Crippen LogP contribution is 2.36. The maximum absolute atomic E-state index is 10.6. The Balaban J connectivity index is 0.000000270. The zero-order chi connectivity index (χ0) is 16.0. The highest BCUT2D eigenvalue weighted by Gasteiger charge is 2.38. The number of rotatable bonds is 3. The van der Waals surface area contributed by atoms with E-state index in [0.717, 1.165) is 18.4 Å². The maximum atomic E-state index is 10.6. The first-order chi connectivity index (χ1) is 9.77. The van der Waals surface area contributed by atoms with Crippen molar-refractivity contribution in [2.75, 3.05) is 7.05 Å². The minimum atomic E-state index is -5.08. The van der Waals surface area contributed by atoms with Crippen LogP contribution in [0.25, 0.3) is 0 Å². The summed E-state index contributed by atoms with van der Waals surface area (Å²) in [5.41, 5.74) is 3.01. The standard InChI is InChI=1S/C13H19N.C2HF3O2/c1-3-10-5-4-6-11(7-10)12-8-13(9-12)14-2;3-2(4,5)1(6)7/h4-7,12-14H,3,8-9H2,1-2H3;(H,6,7). The molecule has 2 N–H and O–H groups in total. The zero-order valence-electron chi connectivity index (χ0n) is 12.1. The molecular formula is C15H20F3NO2. The van der Waals surface area contributed by atoms with Crippen LogP contribution in [0.2, 0.25) is 0 Å². The predicted molar refractivity (Wildman–Crippen MR) is 74.3 cm³/mol. The summed E-state index contributed by atoms with van der Waals surface area (Å²) in [5.74, 6) is -1.95. The molecule has 3 nitrogen and oxygen atoms in total. The Morgan fingerprint density at radius 2 is 1.95 bits per heavy atom. The van der Waals surface area contributed by atoms with Crippen LogP contribution in [0, 0.1) is 0 Å². The molecule has 0 unspecified atom stereocenters. The van der Waals surface area contributed by atoms with Gasteiger partial charge in [-0.2, -0.15) is 13.2 Å². The Kier molecular flexibility index (Phi) is 6.20. The van der Waals surface area contributed by atoms with Crippen LogP contribution in [0.3, 0.4) is 0 Å². The molecule has 0 radical (unpaired) electrons. The van der Waals surface area contributed by atoms with Crippen molar-refractivity contribution in [2.45, 2.75) is 44.3 Å². The van der Waals surface area contributed by atoms with Gasteiger partial charge >= 0.3 is 12.1 Å². The van der Waals surface area contributed by atoms with E-state index in [4.69, 9.17) is 9.90 Å². The molecular weight excluding hydrogens is 283 g/mol. The first-order valence-electron chi connectivity index (χ1n) is 6.84. The van der Waals surface area contributed by atoms with Gasteiger partial charge in [0.25, 0.3) is 0 Å². The monoisotopic (exact) mass is 303 g/mol. The number of benzene rings is 1. The number of nitrogens with one attached hydrogen (secondary N) is 1. The van der Waals surface area contributed by atoms with Gasteiger partial charge in [-0.25, -0.2) is 4.79 Å². The molecule has 1 aromatic carbocycles. The minimum absolute atomic E-state index is 0.755. The Labute approximate surface area is 122 Å². The third-order valence-electron chi connectivity index (χ3n) is 3.62. The van der Waals surface area contributed by atoms with Crippen LogP contribution >= 0.6 is 0 Å². The quantitative estimate of drug-likeness (QED) is 0.900. The maximum Gasteiger partial charge on any atom is 0.490 e. The van der Waals surface area contributed by atoms with Gasteiger partial charge < -0.3 is 10.4 Å². The SMILES string of the molecule is CCc1cccc(C2CC(NC)C2)c1.O=C(O)C(F)(F)F. The van der Waals surface area contributed by atoms with Gasteiger partial charge in [0.05, 0.1) is 0 Å². The van der Waals surface area contributed by atoms with Gasteiger partial charge in [-0.05, 0) is 43.4 Å². The van der Waals surface area contributed by atoms with Gasteiger partial charge in [-0.1, -0.05) is 31.2 Å². The van der Waals surface area contributed by atoms with E-state index in [1.54, 1.807) is 0 Å². The number of aryl methyl sites for hydroxylation is 1. The summed E-state index contributed by atoms with van der Waals surface area (Å²) in [5, 5.41) is 10.5. The largest absolute Gasteiger partial charge is 0.490 e. The van der Waals surface area contributed by atoms with E-state index in [-0.39, 0.29) is 0 Å². The molecule has 1 aliphatic rings. The average Bonchev–Trinajstić information content (AvgIpc) is 2.37. The summed E-state index contributed by atoms with van der Waals surface area (Å²) in [6.07, 6.45) is -1.32. The Hall–Kier alpha value is -1.56. The van der Waals surface area contributed by atoms with E-state index in [1.807, 2.05) is 0 Å². The molecule has 0 atom stereocenters. The van der Waals surface area contributed by atoms with Crippen LogP contribution in [-0.2, 0) is 11.2 Å². The van der Waals surface area contributed by atoms with E-state index in [9.17, 15) is 13.2 Å². The molecule has 0 aliphatic heterocycles. The van der Waals surface area contributed by atoms with Gasteiger partial charge in [0.1, 0.15) is 0 Å². The molecule has 1 saturated carbocycles. The normalized spacial score (nSPS) is 21.0. The second-order valence-corrected chi connectivity index (χ2v) is 5.06. The lowest BCUT2D eigenvalue weighted by Gasteiger charge is -2.35. The smallest absolute Gasteiger partial charge is 0.475 e. The molecule has 1 fully saturated rings. The Morgan fingerprint density at radius 1 is 1.38 bits per heavy atom. The van der Waals surface area contributed by atoms with Crippen molar-refractivity contribution in [3.63, 3.8) is 0 Å². The van der Waals surface area contributed by atoms with Gasteiger partial charge in [-0.3, -0.25) is 0 Å². The molecule has 1 aliphatic carbocycles. The van der Waals surface area contributed by atoms with Crippen LogP contribution in [0.4, 0.5) is 13.2 Å². The fraction of sp³-hybridized carbons (Fsp3) is 0.533. The highest BCUT2D eigenvalue weighted by atomic mass is 19.4. The molecule has 2 rings (SSSR count). The van der Waals surface area contributed by atoms with E-state index >= 15 is 0 Å². The molecule has 118 valence electrons. The zero-order valence-corrected chi connectivity index (χ0v) is 12.1.